The van der Waals surface area contributed by atoms with Crippen molar-refractivity contribution in [2.45, 2.75) is 38.5 Å². The van der Waals surface area contributed by atoms with Crippen LogP contribution in [0.25, 0.3) is 0 Å². The maximum absolute atomic E-state index is 2.06. The molecule has 0 aromatic carbocycles. The second-order valence-corrected chi connectivity index (χ2v) is 16.0. The zero-order valence-electron chi connectivity index (χ0n) is 12.5. The Morgan fingerprint density at radius 3 is 0.875 bits per heavy atom. The van der Waals surface area contributed by atoms with Crippen LogP contribution in [0.1, 0.15) is 38.5 Å². The molecule has 0 unspecified atom stereocenters. The number of allylic oxidation sites excluding steroid dienone is 4. The van der Waals surface area contributed by atoms with E-state index in [1.165, 1.54) is 47.0 Å². The Bertz CT molecular complexity index is 701. The fourth-order valence-corrected chi connectivity index (χ4v) is 16.0. The van der Waals surface area contributed by atoms with Gasteiger partial charge in [-0.2, -0.15) is 0 Å². The van der Waals surface area contributed by atoms with Crippen LogP contribution in [-0.4, -0.2) is 0 Å². The molecule has 2 aliphatic carbocycles. The first kappa shape index (κ1) is 16.5. The molecule has 8 heteroatoms. The first-order valence-electron chi connectivity index (χ1n) is 7.93. The molecule has 6 rings (SSSR count). The zero-order chi connectivity index (χ0) is 15.7. The average molecular weight is 461 g/mol. The molecule has 0 spiro atoms. The lowest BCUT2D eigenvalue weighted by Gasteiger charge is -2.08. The molecule has 0 radical (unpaired) electrons. The molecule has 0 nitrogen and oxygen atoms in total. The summed E-state index contributed by atoms with van der Waals surface area (Å²) in [6, 6.07) is 0. The van der Waals surface area contributed by atoms with E-state index in [1.54, 1.807) is 36.6 Å². The topological polar surface area (TPSA) is 0 Å². The molecule has 0 saturated carbocycles. The monoisotopic (exact) mass is 460 g/mol. The molecular formula is C16H12S8. The zero-order valence-corrected chi connectivity index (χ0v) is 19.0. The van der Waals surface area contributed by atoms with Gasteiger partial charge in [-0.3, -0.25) is 0 Å². The third-order valence-electron chi connectivity index (χ3n) is 4.34. The summed E-state index contributed by atoms with van der Waals surface area (Å²) < 4.78 is 9.28. The van der Waals surface area contributed by atoms with Crippen LogP contribution in [0.2, 0.25) is 0 Å². The summed E-state index contributed by atoms with van der Waals surface area (Å²) in [5.41, 5.74) is 0. The summed E-state index contributed by atoms with van der Waals surface area (Å²) >= 11 is 16.4. The highest BCUT2D eigenvalue weighted by Crippen LogP contribution is 2.72. The first-order valence-corrected chi connectivity index (χ1v) is 14.5. The van der Waals surface area contributed by atoms with Crippen molar-refractivity contribution in [3.05, 3.63) is 45.0 Å². The second kappa shape index (κ2) is 6.54. The van der Waals surface area contributed by atoms with Gasteiger partial charge in [-0.15, -0.1) is 0 Å². The van der Waals surface area contributed by atoms with E-state index in [1.807, 2.05) is 47.0 Å². The molecule has 0 aromatic rings. The normalized spacial score (nSPS) is 29.0. The van der Waals surface area contributed by atoms with Gasteiger partial charge in [0.2, 0.25) is 0 Å². The van der Waals surface area contributed by atoms with Crippen molar-refractivity contribution in [2.24, 2.45) is 0 Å². The Morgan fingerprint density at radius 2 is 0.583 bits per heavy atom. The van der Waals surface area contributed by atoms with E-state index in [2.05, 4.69) is 47.0 Å². The fourth-order valence-electron chi connectivity index (χ4n) is 3.22. The van der Waals surface area contributed by atoms with Crippen LogP contribution in [0.4, 0.5) is 0 Å². The minimum atomic E-state index is 1.32. The van der Waals surface area contributed by atoms with Gasteiger partial charge in [-0.25, -0.2) is 0 Å². The Hall–Kier alpha value is 1.50. The minimum Gasteiger partial charge on any atom is -0.0846 e. The van der Waals surface area contributed by atoms with Crippen LogP contribution in [0, 0.1) is 0 Å². The highest BCUT2D eigenvalue weighted by Gasteiger charge is 2.37. The van der Waals surface area contributed by atoms with Crippen LogP contribution < -0.4 is 0 Å². The van der Waals surface area contributed by atoms with E-state index in [4.69, 9.17) is 0 Å². The molecule has 0 saturated heterocycles. The maximum atomic E-state index is 2.06. The SMILES string of the molecule is C1CC2=C(C1)SC(=C1SC3=C(S1)SC(=C1SC4=C(CCC4)S1)S3)S2. The number of rotatable bonds is 0. The van der Waals surface area contributed by atoms with E-state index < -0.39 is 0 Å². The van der Waals surface area contributed by atoms with E-state index in [9.17, 15) is 0 Å². The quantitative estimate of drug-likeness (QED) is 0.346. The van der Waals surface area contributed by atoms with E-state index in [0.717, 1.165) is 0 Å². The van der Waals surface area contributed by atoms with Crippen molar-refractivity contribution >= 4 is 94.1 Å². The summed E-state index contributed by atoms with van der Waals surface area (Å²) in [6.07, 6.45) is 8.02. The standard InChI is InChI=1S/C16H12S8/c1-3-7-8(4-1)18-11(17-7)13-21-15-16(22-13)24-14(23-15)12-19-9-5-2-6-10(9)20-12/h1-6H2. The van der Waals surface area contributed by atoms with Crippen LogP contribution in [0.3, 0.4) is 0 Å². The van der Waals surface area contributed by atoms with Gasteiger partial charge in [0.15, 0.2) is 0 Å². The summed E-state index contributed by atoms with van der Waals surface area (Å²) in [4.78, 5) is 6.66. The van der Waals surface area contributed by atoms with E-state index >= 15 is 0 Å². The number of hydrogen-bond acceptors (Lipinski definition) is 8. The molecular weight excluding hydrogens is 449 g/mol. The molecule has 0 atom stereocenters. The van der Waals surface area contributed by atoms with Gasteiger partial charge >= 0.3 is 0 Å². The van der Waals surface area contributed by atoms with Crippen molar-refractivity contribution in [3.63, 3.8) is 0 Å². The fraction of sp³-hybridized carbons (Fsp3) is 0.375. The molecule has 124 valence electrons. The Kier molecular flexibility index (Phi) is 4.48. The lowest BCUT2D eigenvalue weighted by atomic mass is 10.4. The van der Waals surface area contributed by atoms with Gasteiger partial charge in [0.1, 0.15) is 0 Å². The van der Waals surface area contributed by atoms with Crippen LogP contribution in [0.5, 0.6) is 0 Å². The van der Waals surface area contributed by atoms with Crippen molar-refractivity contribution in [2.75, 3.05) is 0 Å². The molecule has 0 aromatic heterocycles. The van der Waals surface area contributed by atoms with Gasteiger partial charge < -0.3 is 0 Å². The Balaban J connectivity index is 1.17. The van der Waals surface area contributed by atoms with Gasteiger partial charge in [0, 0.05) is 19.6 Å². The third kappa shape index (κ3) is 2.77. The van der Waals surface area contributed by atoms with E-state index in [0.29, 0.717) is 0 Å². The highest BCUT2D eigenvalue weighted by molar-refractivity contribution is 8.49. The molecule has 4 aliphatic heterocycles. The van der Waals surface area contributed by atoms with Gasteiger partial charge in [-0.05, 0) is 38.5 Å². The van der Waals surface area contributed by atoms with Crippen molar-refractivity contribution in [1.82, 2.24) is 0 Å². The van der Waals surface area contributed by atoms with Gasteiger partial charge in [-0.1, -0.05) is 94.1 Å². The summed E-state index contributed by atoms with van der Waals surface area (Å²) in [5.74, 6) is 0. The third-order valence-corrected chi connectivity index (χ3v) is 16.6. The smallest absolute Gasteiger partial charge is 0.0718 e. The Labute approximate surface area is 176 Å². The molecule has 4 heterocycles. The van der Waals surface area contributed by atoms with Gasteiger partial charge in [0.25, 0.3) is 0 Å². The number of hydrogen-bond donors (Lipinski definition) is 0. The van der Waals surface area contributed by atoms with Gasteiger partial charge in [0.05, 0.1) is 25.4 Å². The predicted octanol–water partition coefficient (Wildman–Crippen LogP) is 9.08. The lowest BCUT2D eigenvalue weighted by molar-refractivity contribution is 0.921. The van der Waals surface area contributed by atoms with Crippen LogP contribution in [-0.2, 0) is 0 Å². The van der Waals surface area contributed by atoms with Crippen molar-refractivity contribution < 1.29 is 0 Å². The first-order chi connectivity index (χ1) is 11.8. The van der Waals surface area contributed by atoms with Crippen molar-refractivity contribution in [1.29, 1.82) is 0 Å². The molecule has 6 aliphatic rings. The second-order valence-electron chi connectivity index (χ2n) is 5.94. The summed E-state index contributed by atoms with van der Waals surface area (Å²) in [6.45, 7) is 0. The molecule has 0 bridgehead atoms. The van der Waals surface area contributed by atoms with Crippen LogP contribution in [0.15, 0.2) is 45.0 Å². The molecule has 0 fully saturated rings. The Morgan fingerprint density at radius 1 is 0.333 bits per heavy atom. The van der Waals surface area contributed by atoms with Crippen LogP contribution >= 0.6 is 94.1 Å². The minimum absolute atomic E-state index is 1.32. The maximum Gasteiger partial charge on any atom is 0.0718 e. The largest absolute Gasteiger partial charge is 0.0846 e. The highest BCUT2D eigenvalue weighted by atomic mass is 32.3. The average Bonchev–Trinajstić information content (AvgIpc) is 3.31. The molecule has 0 N–H and O–H groups in total. The number of thioether (sulfide) groups is 8. The molecule has 0 amide bonds. The summed E-state index contributed by atoms with van der Waals surface area (Å²) in [5, 5.41) is 0. The van der Waals surface area contributed by atoms with E-state index in [-0.39, 0.29) is 0 Å². The lowest BCUT2D eigenvalue weighted by Crippen LogP contribution is -1.75. The summed E-state index contributed by atoms with van der Waals surface area (Å²) in [7, 11) is 0. The predicted molar refractivity (Wildman–Crippen MR) is 124 cm³/mol. The molecule has 24 heavy (non-hydrogen) atoms. The van der Waals surface area contributed by atoms with Crippen molar-refractivity contribution in [3.8, 4) is 0 Å².